The molecule has 2 aliphatic rings. The van der Waals surface area contributed by atoms with Crippen molar-refractivity contribution in [2.75, 3.05) is 26.1 Å². The molecule has 3 heterocycles. The van der Waals surface area contributed by atoms with Gasteiger partial charge in [-0.15, -0.1) is 11.6 Å². The van der Waals surface area contributed by atoms with E-state index < -0.39 is 0 Å². The minimum Gasteiger partial charge on any atom is -0.497 e. The fourth-order valence-corrected chi connectivity index (χ4v) is 4.59. The molecule has 1 amide bonds. The molecule has 7 nitrogen and oxygen atoms in total. The largest absolute Gasteiger partial charge is 0.497 e. The Morgan fingerprint density at radius 3 is 2.60 bits per heavy atom. The Hall–Kier alpha value is -3.71. The van der Waals surface area contributed by atoms with Gasteiger partial charge in [-0.3, -0.25) is 9.78 Å². The summed E-state index contributed by atoms with van der Waals surface area (Å²) in [6, 6.07) is 13.5. The lowest BCUT2D eigenvalue weighted by atomic mass is 10.0. The fourth-order valence-electron chi connectivity index (χ4n) is 4.45. The highest BCUT2D eigenvalue weighted by Gasteiger charge is 2.34. The van der Waals surface area contributed by atoms with Crippen molar-refractivity contribution in [3.05, 3.63) is 83.3 Å². The van der Waals surface area contributed by atoms with E-state index in [0.717, 1.165) is 40.1 Å². The van der Waals surface area contributed by atoms with E-state index in [1.54, 1.807) is 32.7 Å². The van der Waals surface area contributed by atoms with Crippen LogP contribution in [0.25, 0.3) is 5.57 Å². The zero-order valence-corrected chi connectivity index (χ0v) is 20.3. The number of nitrogens with zero attached hydrogens (tertiary/aromatic N) is 2. The number of aromatic nitrogens is 1. The molecule has 35 heavy (non-hydrogen) atoms. The molecular formula is C27H26ClN3O4. The molecule has 3 aromatic rings. The molecule has 0 aliphatic carbocycles. The van der Waals surface area contributed by atoms with Gasteiger partial charge in [-0.05, 0) is 47.4 Å². The summed E-state index contributed by atoms with van der Waals surface area (Å²) in [5.41, 5.74) is 5.32. The van der Waals surface area contributed by atoms with Crippen molar-refractivity contribution in [3.8, 4) is 17.2 Å². The third-order valence-corrected chi connectivity index (χ3v) is 6.61. The Morgan fingerprint density at radius 1 is 1.06 bits per heavy atom. The monoisotopic (exact) mass is 491 g/mol. The molecule has 0 saturated heterocycles. The molecule has 1 N–H and O–H groups in total. The average molecular weight is 492 g/mol. The number of rotatable bonds is 7. The molecule has 8 heteroatoms. The predicted octanol–water partition coefficient (Wildman–Crippen LogP) is 5.10. The van der Waals surface area contributed by atoms with E-state index in [-0.39, 0.29) is 11.9 Å². The third kappa shape index (κ3) is 4.64. The smallest absolute Gasteiger partial charge is 0.260 e. The molecule has 2 aliphatic heterocycles. The zero-order valence-electron chi connectivity index (χ0n) is 19.6. The van der Waals surface area contributed by atoms with Crippen LogP contribution in [0.15, 0.2) is 61.1 Å². The van der Waals surface area contributed by atoms with Crippen molar-refractivity contribution in [1.82, 2.24) is 9.88 Å². The lowest BCUT2D eigenvalue weighted by Gasteiger charge is -2.20. The van der Waals surface area contributed by atoms with Crippen LogP contribution in [0.1, 0.15) is 33.5 Å². The normalized spacial score (nSPS) is 16.5. The maximum Gasteiger partial charge on any atom is 0.260 e. The summed E-state index contributed by atoms with van der Waals surface area (Å²) >= 11 is 5.91. The van der Waals surface area contributed by atoms with Crippen molar-refractivity contribution in [3.63, 3.8) is 0 Å². The summed E-state index contributed by atoms with van der Waals surface area (Å²) in [7, 11) is 3.22. The first kappa shape index (κ1) is 23.1. The van der Waals surface area contributed by atoms with Gasteiger partial charge in [0.05, 0.1) is 31.5 Å². The van der Waals surface area contributed by atoms with Crippen LogP contribution in [0, 0.1) is 0 Å². The number of carbonyl (C=O) groups excluding carboxylic acids is 1. The topological polar surface area (TPSA) is 72.9 Å². The van der Waals surface area contributed by atoms with Gasteiger partial charge in [-0.25, -0.2) is 0 Å². The van der Waals surface area contributed by atoms with Crippen LogP contribution in [-0.4, -0.2) is 42.6 Å². The minimum absolute atomic E-state index is 0.0201. The van der Waals surface area contributed by atoms with Crippen LogP contribution >= 0.6 is 11.6 Å². The number of methoxy groups -OCH3 is 2. The Labute approximate surface area is 209 Å². The van der Waals surface area contributed by atoms with Crippen LogP contribution in [0.5, 0.6) is 17.2 Å². The lowest BCUT2D eigenvalue weighted by Crippen LogP contribution is -2.34. The molecule has 0 saturated carbocycles. The second kappa shape index (κ2) is 9.88. The summed E-state index contributed by atoms with van der Waals surface area (Å²) in [6.07, 6.45) is 6.20. The number of anilines is 1. The molecular weight excluding hydrogens is 466 g/mol. The van der Waals surface area contributed by atoms with E-state index in [4.69, 9.17) is 25.8 Å². The van der Waals surface area contributed by atoms with Crippen molar-refractivity contribution in [2.45, 2.75) is 24.9 Å². The molecule has 1 aromatic heterocycles. The van der Waals surface area contributed by atoms with E-state index in [1.807, 2.05) is 47.5 Å². The first-order chi connectivity index (χ1) is 17.1. The highest BCUT2D eigenvalue weighted by molar-refractivity contribution is 6.17. The number of benzene rings is 2. The maximum absolute atomic E-state index is 13.5. The van der Waals surface area contributed by atoms with Gasteiger partial charge < -0.3 is 24.4 Å². The summed E-state index contributed by atoms with van der Waals surface area (Å²) in [4.78, 5) is 19.6. The maximum atomic E-state index is 13.5. The van der Waals surface area contributed by atoms with Gasteiger partial charge in [-0.2, -0.15) is 0 Å². The van der Waals surface area contributed by atoms with Crippen LogP contribution < -0.4 is 19.5 Å². The van der Waals surface area contributed by atoms with Gasteiger partial charge in [0.1, 0.15) is 12.4 Å². The molecule has 0 radical (unpaired) electrons. The molecule has 0 bridgehead atoms. The van der Waals surface area contributed by atoms with Gasteiger partial charge in [0.2, 0.25) is 0 Å². The summed E-state index contributed by atoms with van der Waals surface area (Å²) in [6.45, 7) is 0.936. The number of halogens is 1. The molecule has 2 aromatic carbocycles. The fraction of sp³-hybridized carbons (Fsp3) is 0.259. The van der Waals surface area contributed by atoms with Gasteiger partial charge in [-0.1, -0.05) is 12.1 Å². The van der Waals surface area contributed by atoms with Crippen LogP contribution in [0.4, 0.5) is 5.69 Å². The number of nitrogens with one attached hydrogen (secondary N) is 1. The highest BCUT2D eigenvalue weighted by atomic mass is 35.5. The van der Waals surface area contributed by atoms with Crippen molar-refractivity contribution in [1.29, 1.82) is 0 Å². The van der Waals surface area contributed by atoms with E-state index in [9.17, 15) is 4.79 Å². The van der Waals surface area contributed by atoms with Crippen molar-refractivity contribution in [2.24, 2.45) is 0 Å². The number of hydrogen-bond donors (Lipinski definition) is 1. The number of ether oxygens (including phenoxy) is 3. The predicted molar refractivity (Wildman–Crippen MR) is 135 cm³/mol. The van der Waals surface area contributed by atoms with Crippen LogP contribution in [0.2, 0.25) is 0 Å². The van der Waals surface area contributed by atoms with E-state index in [1.165, 1.54) is 0 Å². The Kier molecular flexibility index (Phi) is 6.51. The number of amides is 1. The van der Waals surface area contributed by atoms with Crippen molar-refractivity contribution >= 4 is 28.8 Å². The first-order valence-electron chi connectivity index (χ1n) is 11.3. The summed E-state index contributed by atoms with van der Waals surface area (Å²) in [5, 5.41) is 3.44. The summed E-state index contributed by atoms with van der Waals surface area (Å²) in [5.74, 6) is 2.18. The SMILES string of the molecule is COc1ccc(C2=CN3C(=O)c4cc(OC)c(OCc5cncc(CCl)c5)cc4NC[C@@H]3C2)cc1. The van der Waals surface area contributed by atoms with Crippen molar-refractivity contribution < 1.29 is 19.0 Å². The number of fused-ring (bicyclic) bond motifs is 2. The molecule has 1 atom stereocenters. The first-order valence-corrected chi connectivity index (χ1v) is 11.9. The van der Waals surface area contributed by atoms with E-state index in [0.29, 0.717) is 36.1 Å². The zero-order chi connectivity index (χ0) is 24.4. The molecule has 5 rings (SSSR count). The van der Waals surface area contributed by atoms with Crippen LogP contribution in [0.3, 0.4) is 0 Å². The van der Waals surface area contributed by atoms with E-state index in [2.05, 4.69) is 10.3 Å². The number of pyridine rings is 1. The number of alkyl halides is 1. The lowest BCUT2D eigenvalue weighted by molar-refractivity contribution is 0.0796. The third-order valence-electron chi connectivity index (χ3n) is 6.30. The standard InChI is InChI=1S/C27H26ClN3O4/c1-33-22-5-3-19(4-6-22)20-8-21-14-30-24-10-26(35-16-18-7-17(11-28)12-29-13-18)25(34-2)9-23(24)27(32)31(21)15-20/h3-7,9-10,12-13,15,21,30H,8,11,14,16H2,1-2H3/t21-/m0/s1. The molecule has 0 fully saturated rings. The molecule has 180 valence electrons. The second-order valence-corrected chi connectivity index (χ2v) is 8.77. The van der Waals surface area contributed by atoms with E-state index >= 15 is 0 Å². The highest BCUT2D eigenvalue weighted by Crippen LogP contribution is 2.39. The van der Waals surface area contributed by atoms with Gasteiger partial charge in [0, 0.05) is 42.6 Å². The second-order valence-electron chi connectivity index (χ2n) is 8.51. The molecule has 0 spiro atoms. The Morgan fingerprint density at radius 2 is 1.86 bits per heavy atom. The Bertz CT molecular complexity index is 1280. The number of hydrogen-bond acceptors (Lipinski definition) is 6. The molecule has 0 unspecified atom stereocenters. The average Bonchev–Trinajstić information content (AvgIpc) is 3.29. The summed E-state index contributed by atoms with van der Waals surface area (Å²) < 4.78 is 16.9. The van der Waals surface area contributed by atoms with Crippen LogP contribution in [-0.2, 0) is 12.5 Å². The minimum atomic E-state index is -0.0672. The Balaban J connectivity index is 1.39. The number of carbonyl (C=O) groups is 1. The quantitative estimate of drug-likeness (QED) is 0.464. The van der Waals surface area contributed by atoms with Gasteiger partial charge in [0.15, 0.2) is 11.5 Å². The van der Waals surface area contributed by atoms with Gasteiger partial charge >= 0.3 is 0 Å². The van der Waals surface area contributed by atoms with Gasteiger partial charge in [0.25, 0.3) is 5.91 Å².